The zero-order valence-corrected chi connectivity index (χ0v) is 10.5. The van der Waals surface area contributed by atoms with Gasteiger partial charge in [-0.3, -0.25) is 4.68 Å². The van der Waals surface area contributed by atoms with Gasteiger partial charge in [-0.2, -0.15) is 20.1 Å². The molecule has 2 heterocycles. The van der Waals surface area contributed by atoms with E-state index in [4.69, 9.17) is 10.5 Å². The molecule has 0 aliphatic carbocycles. The first-order valence-electron chi connectivity index (χ1n) is 5.91. The number of hydrogen-bond acceptors (Lipinski definition) is 6. The van der Waals surface area contributed by atoms with Crippen LogP contribution in [0, 0.1) is 0 Å². The zero-order chi connectivity index (χ0) is 13.0. The van der Waals surface area contributed by atoms with Gasteiger partial charge in [-0.25, -0.2) is 0 Å². The molecule has 0 amide bonds. The smallest absolute Gasteiger partial charge is 0.321 e. The standard InChI is InChI=1S/C11H16N6O/c1-3-7-18-11-15-9(14-10(12)16-11)8-5-6-13-17(8)4-2/h5-6H,3-4,7H2,1-2H3,(H2,12,14,15,16). The molecule has 0 atom stereocenters. The Hall–Kier alpha value is -2.18. The molecular formula is C11H16N6O. The molecule has 7 heteroatoms. The van der Waals surface area contributed by atoms with Crippen molar-refractivity contribution in [1.82, 2.24) is 24.7 Å². The van der Waals surface area contributed by atoms with E-state index in [9.17, 15) is 0 Å². The van der Waals surface area contributed by atoms with Crippen molar-refractivity contribution in [2.24, 2.45) is 0 Å². The van der Waals surface area contributed by atoms with Crippen LogP contribution in [-0.2, 0) is 6.54 Å². The quantitative estimate of drug-likeness (QED) is 0.852. The summed E-state index contributed by atoms with van der Waals surface area (Å²) < 4.78 is 7.17. The maximum atomic E-state index is 5.66. The van der Waals surface area contributed by atoms with Crippen molar-refractivity contribution < 1.29 is 4.74 Å². The molecule has 0 aliphatic heterocycles. The van der Waals surface area contributed by atoms with Crippen molar-refractivity contribution in [3.8, 4) is 17.5 Å². The van der Waals surface area contributed by atoms with Gasteiger partial charge in [0.25, 0.3) is 0 Å². The fourth-order valence-corrected chi connectivity index (χ4v) is 1.52. The second-order valence-corrected chi connectivity index (χ2v) is 3.68. The van der Waals surface area contributed by atoms with Gasteiger partial charge < -0.3 is 10.5 Å². The van der Waals surface area contributed by atoms with Crippen molar-refractivity contribution in [2.75, 3.05) is 12.3 Å². The van der Waals surface area contributed by atoms with Crippen LogP contribution in [0.15, 0.2) is 12.3 Å². The zero-order valence-electron chi connectivity index (χ0n) is 10.5. The topological polar surface area (TPSA) is 91.7 Å². The molecule has 96 valence electrons. The fourth-order valence-electron chi connectivity index (χ4n) is 1.52. The minimum Gasteiger partial charge on any atom is -0.463 e. The number of rotatable bonds is 5. The summed E-state index contributed by atoms with van der Waals surface area (Å²) in [6.45, 7) is 5.29. The molecule has 0 aromatic carbocycles. The van der Waals surface area contributed by atoms with Gasteiger partial charge in [-0.1, -0.05) is 6.92 Å². The first-order chi connectivity index (χ1) is 8.74. The highest BCUT2D eigenvalue weighted by Crippen LogP contribution is 2.17. The normalized spacial score (nSPS) is 10.6. The minimum absolute atomic E-state index is 0.148. The summed E-state index contributed by atoms with van der Waals surface area (Å²) in [7, 11) is 0. The number of nitrogen functional groups attached to an aromatic ring is 1. The number of nitrogens with zero attached hydrogens (tertiary/aromatic N) is 5. The van der Waals surface area contributed by atoms with E-state index in [-0.39, 0.29) is 12.0 Å². The summed E-state index contributed by atoms with van der Waals surface area (Å²) in [6, 6.07) is 2.09. The molecule has 0 aliphatic rings. The molecule has 0 bridgehead atoms. The van der Waals surface area contributed by atoms with E-state index >= 15 is 0 Å². The highest BCUT2D eigenvalue weighted by molar-refractivity contribution is 5.50. The Labute approximate surface area is 105 Å². The number of hydrogen-bond donors (Lipinski definition) is 1. The molecular weight excluding hydrogens is 232 g/mol. The van der Waals surface area contributed by atoms with Gasteiger partial charge in [0.1, 0.15) is 5.69 Å². The van der Waals surface area contributed by atoms with E-state index in [1.165, 1.54) is 0 Å². The van der Waals surface area contributed by atoms with Gasteiger partial charge >= 0.3 is 6.01 Å². The Balaban J connectivity index is 2.35. The maximum absolute atomic E-state index is 5.66. The van der Waals surface area contributed by atoms with Crippen LogP contribution in [0.25, 0.3) is 11.5 Å². The number of anilines is 1. The number of aryl methyl sites for hydroxylation is 1. The van der Waals surface area contributed by atoms with Crippen molar-refractivity contribution in [1.29, 1.82) is 0 Å². The van der Waals surface area contributed by atoms with Crippen molar-refractivity contribution in [2.45, 2.75) is 26.8 Å². The van der Waals surface area contributed by atoms with Crippen LogP contribution in [-0.4, -0.2) is 31.3 Å². The Kier molecular flexibility index (Phi) is 3.71. The molecule has 0 fully saturated rings. The van der Waals surface area contributed by atoms with Gasteiger partial charge in [0.15, 0.2) is 5.82 Å². The molecule has 2 rings (SSSR count). The molecule has 2 N–H and O–H groups in total. The summed E-state index contributed by atoms with van der Waals surface area (Å²) in [5.74, 6) is 0.628. The van der Waals surface area contributed by atoms with E-state index in [0.29, 0.717) is 12.4 Å². The third-order valence-corrected chi connectivity index (χ3v) is 2.31. The Morgan fingerprint density at radius 1 is 1.28 bits per heavy atom. The Morgan fingerprint density at radius 2 is 2.11 bits per heavy atom. The monoisotopic (exact) mass is 248 g/mol. The molecule has 0 saturated carbocycles. The van der Waals surface area contributed by atoms with Crippen LogP contribution in [0.3, 0.4) is 0 Å². The first kappa shape index (κ1) is 12.3. The summed E-state index contributed by atoms with van der Waals surface area (Å²) >= 11 is 0. The summed E-state index contributed by atoms with van der Waals surface area (Å²) in [4.78, 5) is 12.3. The van der Waals surface area contributed by atoms with E-state index in [1.807, 2.05) is 19.9 Å². The largest absolute Gasteiger partial charge is 0.463 e. The third kappa shape index (κ3) is 2.55. The second kappa shape index (κ2) is 5.44. The van der Waals surface area contributed by atoms with Crippen molar-refractivity contribution in [3.05, 3.63) is 12.3 Å². The molecule has 0 saturated heterocycles. The third-order valence-electron chi connectivity index (χ3n) is 2.31. The number of nitrogens with two attached hydrogens (primary N) is 1. The first-order valence-corrected chi connectivity index (χ1v) is 5.91. The average Bonchev–Trinajstić information content (AvgIpc) is 2.84. The summed E-state index contributed by atoms with van der Waals surface area (Å²) in [5.41, 5.74) is 6.46. The highest BCUT2D eigenvalue weighted by atomic mass is 16.5. The highest BCUT2D eigenvalue weighted by Gasteiger charge is 2.11. The predicted octanol–water partition coefficient (Wildman–Crippen LogP) is 1.13. The summed E-state index contributed by atoms with van der Waals surface area (Å²) in [6.07, 6.45) is 2.58. The number of ether oxygens (including phenoxy) is 1. The van der Waals surface area contributed by atoms with E-state index in [0.717, 1.165) is 18.7 Å². The van der Waals surface area contributed by atoms with E-state index in [1.54, 1.807) is 10.9 Å². The molecule has 2 aromatic heterocycles. The molecule has 2 aromatic rings. The van der Waals surface area contributed by atoms with Gasteiger partial charge in [0.05, 0.1) is 6.61 Å². The molecule has 0 radical (unpaired) electrons. The van der Waals surface area contributed by atoms with Crippen LogP contribution >= 0.6 is 0 Å². The molecule has 0 spiro atoms. The van der Waals surface area contributed by atoms with Crippen molar-refractivity contribution >= 4 is 5.95 Å². The molecule has 7 nitrogen and oxygen atoms in total. The van der Waals surface area contributed by atoms with E-state index < -0.39 is 0 Å². The lowest BCUT2D eigenvalue weighted by molar-refractivity contribution is 0.292. The van der Waals surface area contributed by atoms with Crippen LogP contribution in [0.2, 0.25) is 0 Å². The van der Waals surface area contributed by atoms with Crippen LogP contribution < -0.4 is 10.5 Å². The molecule has 0 unspecified atom stereocenters. The van der Waals surface area contributed by atoms with Gasteiger partial charge in [0.2, 0.25) is 5.95 Å². The maximum Gasteiger partial charge on any atom is 0.321 e. The Bertz CT molecular complexity index is 524. The Morgan fingerprint density at radius 3 is 2.83 bits per heavy atom. The van der Waals surface area contributed by atoms with Crippen LogP contribution in [0.5, 0.6) is 6.01 Å². The average molecular weight is 248 g/mol. The fraction of sp³-hybridized carbons (Fsp3) is 0.455. The minimum atomic E-state index is 0.148. The number of aromatic nitrogens is 5. The lowest BCUT2D eigenvalue weighted by Gasteiger charge is -2.06. The summed E-state index contributed by atoms with van der Waals surface area (Å²) in [5, 5.41) is 4.17. The van der Waals surface area contributed by atoms with E-state index in [2.05, 4.69) is 20.1 Å². The predicted molar refractivity (Wildman–Crippen MR) is 66.9 cm³/mol. The lowest BCUT2D eigenvalue weighted by Crippen LogP contribution is -2.08. The second-order valence-electron chi connectivity index (χ2n) is 3.68. The van der Waals surface area contributed by atoms with Crippen molar-refractivity contribution in [3.63, 3.8) is 0 Å². The SMILES string of the molecule is CCCOc1nc(N)nc(-c2ccnn2CC)n1. The van der Waals surface area contributed by atoms with Crippen LogP contribution in [0.4, 0.5) is 5.95 Å². The van der Waals surface area contributed by atoms with Gasteiger partial charge in [-0.05, 0) is 19.4 Å². The lowest BCUT2D eigenvalue weighted by atomic mass is 10.4. The molecule has 18 heavy (non-hydrogen) atoms. The van der Waals surface area contributed by atoms with Crippen LogP contribution in [0.1, 0.15) is 20.3 Å². The van der Waals surface area contributed by atoms with Gasteiger partial charge in [0, 0.05) is 12.7 Å². The van der Waals surface area contributed by atoms with Gasteiger partial charge in [-0.15, -0.1) is 0 Å².